The minimum Gasteiger partial charge on any atom is -0.409 e. The van der Waals surface area contributed by atoms with Crippen LogP contribution in [0.5, 0.6) is 0 Å². The zero-order valence-corrected chi connectivity index (χ0v) is 9.49. The van der Waals surface area contributed by atoms with Gasteiger partial charge in [0.1, 0.15) is 0 Å². The summed E-state index contributed by atoms with van der Waals surface area (Å²) in [4.78, 5) is 12.5. The van der Waals surface area contributed by atoms with Crippen LogP contribution in [-0.2, 0) is 0 Å². The molecule has 0 amide bonds. The van der Waals surface area contributed by atoms with Crippen LogP contribution >= 0.6 is 0 Å². The Morgan fingerprint density at radius 1 is 1.35 bits per heavy atom. The average molecular weight is 232 g/mol. The number of amidine groups is 1. The second-order valence-corrected chi connectivity index (χ2v) is 3.56. The van der Waals surface area contributed by atoms with Gasteiger partial charge in [-0.15, -0.1) is 0 Å². The summed E-state index contributed by atoms with van der Waals surface area (Å²) in [5.74, 6) is 0.664. The van der Waals surface area contributed by atoms with E-state index in [0.29, 0.717) is 11.8 Å². The molecule has 7 heteroatoms. The topological polar surface area (TPSA) is 102 Å². The van der Waals surface area contributed by atoms with E-state index in [1.807, 2.05) is 19.9 Å². The third-order valence-electron chi connectivity index (χ3n) is 2.16. The Bertz CT molecular complexity index is 554. The molecule has 3 N–H and O–H groups in total. The first-order chi connectivity index (χ1) is 8.11. The van der Waals surface area contributed by atoms with Crippen molar-refractivity contribution in [3.63, 3.8) is 0 Å². The van der Waals surface area contributed by atoms with Gasteiger partial charge in [0.05, 0.1) is 0 Å². The number of aromatic nitrogens is 4. The number of rotatable bonds is 2. The van der Waals surface area contributed by atoms with Gasteiger partial charge in [0.25, 0.3) is 0 Å². The van der Waals surface area contributed by atoms with Crippen molar-refractivity contribution in [1.82, 2.24) is 19.5 Å². The first kappa shape index (κ1) is 11.1. The minimum atomic E-state index is -0.0854. The highest BCUT2D eigenvalue weighted by Crippen LogP contribution is 2.07. The number of imidazole rings is 1. The molecule has 88 valence electrons. The highest BCUT2D eigenvalue weighted by Gasteiger charge is 2.11. The van der Waals surface area contributed by atoms with Gasteiger partial charge in [-0.1, -0.05) is 5.16 Å². The summed E-state index contributed by atoms with van der Waals surface area (Å²) < 4.78 is 1.56. The predicted octanol–water partition coefficient (Wildman–Crippen LogP) is 0.374. The molecule has 2 rings (SSSR count). The van der Waals surface area contributed by atoms with Gasteiger partial charge in [0, 0.05) is 23.8 Å². The molecule has 0 spiro atoms. The third-order valence-corrected chi connectivity index (χ3v) is 2.16. The molecular weight excluding hydrogens is 220 g/mol. The summed E-state index contributed by atoms with van der Waals surface area (Å²) in [6, 6.07) is 1.86. The van der Waals surface area contributed by atoms with Crippen LogP contribution in [0.25, 0.3) is 5.95 Å². The summed E-state index contributed by atoms with van der Waals surface area (Å²) in [6.45, 7) is 3.75. The molecule has 2 aromatic heterocycles. The van der Waals surface area contributed by atoms with Gasteiger partial charge in [-0.3, -0.25) is 4.57 Å². The molecular formula is C10H12N6O. The summed E-state index contributed by atoms with van der Waals surface area (Å²) >= 11 is 0. The number of aryl methyl sites for hydroxylation is 2. The first-order valence-electron chi connectivity index (χ1n) is 4.95. The van der Waals surface area contributed by atoms with Crippen LogP contribution in [0.15, 0.2) is 23.6 Å². The number of hydrogen-bond acceptors (Lipinski definition) is 5. The molecule has 0 aliphatic heterocycles. The molecule has 0 unspecified atom stereocenters. The maximum Gasteiger partial charge on any atom is 0.235 e. The average Bonchev–Trinajstić information content (AvgIpc) is 2.75. The lowest BCUT2D eigenvalue weighted by molar-refractivity contribution is 0.318. The molecule has 7 nitrogen and oxygen atoms in total. The van der Waals surface area contributed by atoms with Gasteiger partial charge in [-0.2, -0.15) is 0 Å². The molecule has 0 saturated heterocycles. The van der Waals surface area contributed by atoms with Gasteiger partial charge in [0.15, 0.2) is 5.82 Å². The number of oxime groups is 1. The maximum atomic E-state index is 8.66. The first-order valence-corrected chi connectivity index (χ1v) is 4.95. The van der Waals surface area contributed by atoms with Gasteiger partial charge >= 0.3 is 0 Å². The molecule has 0 aliphatic carbocycles. The van der Waals surface area contributed by atoms with Crippen LogP contribution in [0, 0.1) is 13.8 Å². The molecule has 0 radical (unpaired) electrons. The van der Waals surface area contributed by atoms with E-state index in [9.17, 15) is 0 Å². The van der Waals surface area contributed by atoms with E-state index < -0.39 is 0 Å². The van der Waals surface area contributed by atoms with Crippen molar-refractivity contribution >= 4 is 5.84 Å². The molecule has 0 atom stereocenters. The van der Waals surface area contributed by atoms with Crippen LogP contribution in [0.2, 0.25) is 0 Å². The zero-order valence-electron chi connectivity index (χ0n) is 9.49. The SMILES string of the molecule is Cc1cc(C)nc(-n2ccnc2C(N)=NO)n1. The monoisotopic (exact) mass is 232 g/mol. The van der Waals surface area contributed by atoms with Gasteiger partial charge < -0.3 is 10.9 Å². The van der Waals surface area contributed by atoms with Crippen molar-refractivity contribution in [1.29, 1.82) is 0 Å². The van der Waals surface area contributed by atoms with E-state index in [4.69, 9.17) is 10.9 Å². The third kappa shape index (κ3) is 2.07. The number of hydrogen-bond donors (Lipinski definition) is 2. The lowest BCUT2D eigenvalue weighted by atomic mass is 10.3. The molecule has 0 saturated carbocycles. The molecule has 2 aromatic rings. The standard InChI is InChI=1S/C10H12N6O/c1-6-5-7(2)14-10(13-6)16-4-3-12-9(16)8(11)15-17/h3-5,17H,1-2H3,(H2,11,15). The molecule has 2 heterocycles. The second kappa shape index (κ2) is 4.20. The highest BCUT2D eigenvalue weighted by atomic mass is 16.4. The number of nitrogens with two attached hydrogens (primary N) is 1. The fourth-order valence-corrected chi connectivity index (χ4v) is 1.51. The van der Waals surface area contributed by atoms with Crippen molar-refractivity contribution < 1.29 is 5.21 Å². The largest absolute Gasteiger partial charge is 0.409 e. The van der Waals surface area contributed by atoms with E-state index in [-0.39, 0.29) is 5.84 Å². The van der Waals surface area contributed by atoms with Crippen molar-refractivity contribution in [2.75, 3.05) is 0 Å². The van der Waals surface area contributed by atoms with Crippen LogP contribution in [0.3, 0.4) is 0 Å². The predicted molar refractivity (Wildman–Crippen MR) is 61.1 cm³/mol. The van der Waals surface area contributed by atoms with Crippen molar-refractivity contribution in [2.45, 2.75) is 13.8 Å². The lowest BCUT2D eigenvalue weighted by Gasteiger charge is -2.06. The van der Waals surface area contributed by atoms with E-state index in [0.717, 1.165) is 11.4 Å². The van der Waals surface area contributed by atoms with Crippen molar-refractivity contribution in [3.05, 3.63) is 35.7 Å². The summed E-state index contributed by atoms with van der Waals surface area (Å²) in [7, 11) is 0. The van der Waals surface area contributed by atoms with Gasteiger partial charge in [0.2, 0.25) is 11.8 Å². The zero-order chi connectivity index (χ0) is 12.4. The summed E-state index contributed by atoms with van der Waals surface area (Å²) in [6.07, 6.45) is 3.19. The quantitative estimate of drug-likeness (QED) is 0.337. The molecule has 0 aliphatic rings. The maximum absolute atomic E-state index is 8.66. The second-order valence-electron chi connectivity index (χ2n) is 3.56. The Morgan fingerprint density at radius 2 is 2.00 bits per heavy atom. The Balaban J connectivity index is 2.57. The lowest BCUT2D eigenvalue weighted by Crippen LogP contribution is -2.20. The van der Waals surface area contributed by atoms with Gasteiger partial charge in [-0.05, 0) is 19.9 Å². The fraction of sp³-hybridized carbons (Fsp3) is 0.200. The Kier molecular flexibility index (Phi) is 2.73. The summed E-state index contributed by atoms with van der Waals surface area (Å²) in [5, 5.41) is 11.6. The molecule has 0 aromatic carbocycles. The fourth-order valence-electron chi connectivity index (χ4n) is 1.51. The van der Waals surface area contributed by atoms with Crippen molar-refractivity contribution in [3.8, 4) is 5.95 Å². The smallest absolute Gasteiger partial charge is 0.235 e. The molecule has 0 bridgehead atoms. The van der Waals surface area contributed by atoms with Crippen LogP contribution in [0.1, 0.15) is 17.2 Å². The molecule has 0 fully saturated rings. The van der Waals surface area contributed by atoms with Crippen molar-refractivity contribution in [2.24, 2.45) is 10.9 Å². The Hall–Kier alpha value is -2.44. The van der Waals surface area contributed by atoms with E-state index in [2.05, 4.69) is 20.1 Å². The van der Waals surface area contributed by atoms with Crippen LogP contribution in [0.4, 0.5) is 0 Å². The van der Waals surface area contributed by atoms with Crippen LogP contribution in [-0.4, -0.2) is 30.6 Å². The van der Waals surface area contributed by atoms with E-state index in [1.165, 1.54) is 6.20 Å². The Morgan fingerprint density at radius 3 is 2.59 bits per heavy atom. The van der Waals surface area contributed by atoms with E-state index in [1.54, 1.807) is 10.8 Å². The normalized spacial score (nSPS) is 11.8. The van der Waals surface area contributed by atoms with E-state index >= 15 is 0 Å². The molecule has 17 heavy (non-hydrogen) atoms. The number of nitrogens with zero attached hydrogens (tertiary/aromatic N) is 5. The van der Waals surface area contributed by atoms with Crippen LogP contribution < -0.4 is 5.73 Å². The minimum absolute atomic E-state index is 0.0854. The highest BCUT2D eigenvalue weighted by molar-refractivity contribution is 5.94. The Labute approximate surface area is 97.6 Å². The summed E-state index contributed by atoms with van der Waals surface area (Å²) in [5.41, 5.74) is 7.19. The van der Waals surface area contributed by atoms with Gasteiger partial charge in [-0.25, -0.2) is 15.0 Å².